The first-order valence-corrected chi connectivity index (χ1v) is 3.94. The van der Waals surface area contributed by atoms with E-state index < -0.39 is 0 Å². The molecule has 0 saturated carbocycles. The summed E-state index contributed by atoms with van der Waals surface area (Å²) in [5.41, 5.74) is 0.771. The lowest BCUT2D eigenvalue weighted by atomic mass is 10.1. The van der Waals surface area contributed by atoms with Crippen molar-refractivity contribution < 1.29 is 4.39 Å². The summed E-state index contributed by atoms with van der Waals surface area (Å²) in [6, 6.07) is 13.5. The predicted molar refractivity (Wildman–Crippen MR) is 48.8 cm³/mol. The highest BCUT2D eigenvalue weighted by Gasteiger charge is 1.97. The molecule has 2 aromatic rings. The van der Waals surface area contributed by atoms with Crippen LogP contribution in [0.1, 0.15) is 5.56 Å². The van der Waals surface area contributed by atoms with E-state index >= 15 is 0 Å². The first-order chi connectivity index (χ1) is 5.92. The van der Waals surface area contributed by atoms with Crippen LogP contribution in [0.3, 0.4) is 0 Å². The predicted octanol–water partition coefficient (Wildman–Crippen LogP) is 3.31. The van der Waals surface area contributed by atoms with Gasteiger partial charge in [0.25, 0.3) is 0 Å². The minimum absolute atomic E-state index is 0.388. The minimum atomic E-state index is -0.388. The Morgan fingerprint density at radius 1 is 0.917 bits per heavy atom. The fourth-order valence-electron chi connectivity index (χ4n) is 1.41. The van der Waals surface area contributed by atoms with Crippen LogP contribution < -0.4 is 0 Å². The number of benzene rings is 2. The molecule has 0 aliphatic carbocycles. The fourth-order valence-corrected chi connectivity index (χ4v) is 1.41. The van der Waals surface area contributed by atoms with Crippen LogP contribution in [-0.2, 0) is 6.67 Å². The second-order valence-corrected chi connectivity index (χ2v) is 2.77. The Hall–Kier alpha value is -1.37. The average Bonchev–Trinajstić information content (AvgIpc) is 2.17. The number of hydrogen-bond donors (Lipinski definition) is 0. The topological polar surface area (TPSA) is 0 Å². The van der Waals surface area contributed by atoms with E-state index in [1.54, 1.807) is 0 Å². The van der Waals surface area contributed by atoms with Crippen molar-refractivity contribution in [3.8, 4) is 0 Å². The summed E-state index contributed by atoms with van der Waals surface area (Å²) >= 11 is 0. The zero-order chi connectivity index (χ0) is 8.39. The highest BCUT2D eigenvalue weighted by atomic mass is 19.1. The average molecular weight is 160 g/mol. The van der Waals surface area contributed by atoms with Gasteiger partial charge in [0, 0.05) is 0 Å². The highest BCUT2D eigenvalue weighted by molar-refractivity contribution is 5.85. The van der Waals surface area contributed by atoms with Crippen LogP contribution in [0.15, 0.2) is 42.5 Å². The molecule has 0 aliphatic rings. The van der Waals surface area contributed by atoms with Crippen molar-refractivity contribution >= 4 is 10.8 Å². The Labute approximate surface area is 70.6 Å². The maximum Gasteiger partial charge on any atom is 0.115 e. The Balaban J connectivity index is 2.79. The molecule has 0 heterocycles. The van der Waals surface area contributed by atoms with E-state index in [1.165, 1.54) is 0 Å². The van der Waals surface area contributed by atoms with Crippen molar-refractivity contribution in [1.29, 1.82) is 0 Å². The molecule has 0 bridgehead atoms. The Morgan fingerprint density at radius 3 is 2.50 bits per heavy atom. The molecular weight excluding hydrogens is 151 g/mol. The van der Waals surface area contributed by atoms with Crippen LogP contribution in [-0.4, -0.2) is 0 Å². The summed E-state index contributed by atoms with van der Waals surface area (Å²) in [4.78, 5) is 0. The Kier molecular flexibility index (Phi) is 1.78. The molecule has 12 heavy (non-hydrogen) atoms. The van der Waals surface area contributed by atoms with Crippen LogP contribution in [0.5, 0.6) is 0 Å². The third-order valence-electron chi connectivity index (χ3n) is 2.02. The maximum absolute atomic E-state index is 12.5. The van der Waals surface area contributed by atoms with E-state index in [1.807, 2.05) is 42.5 Å². The van der Waals surface area contributed by atoms with Crippen molar-refractivity contribution in [2.24, 2.45) is 0 Å². The van der Waals surface area contributed by atoms with E-state index in [2.05, 4.69) is 0 Å². The van der Waals surface area contributed by atoms with E-state index in [0.29, 0.717) is 0 Å². The fraction of sp³-hybridized carbons (Fsp3) is 0.0909. The quantitative estimate of drug-likeness (QED) is 0.600. The third kappa shape index (κ3) is 1.07. The molecule has 0 spiro atoms. The molecule has 0 radical (unpaired) electrons. The molecule has 0 unspecified atom stereocenters. The van der Waals surface area contributed by atoms with Crippen LogP contribution >= 0.6 is 0 Å². The summed E-state index contributed by atoms with van der Waals surface area (Å²) in [5.74, 6) is 0. The summed E-state index contributed by atoms with van der Waals surface area (Å²) in [6.07, 6.45) is 0. The molecule has 0 nitrogen and oxygen atoms in total. The van der Waals surface area contributed by atoms with Gasteiger partial charge in [-0.05, 0) is 16.3 Å². The molecule has 60 valence electrons. The van der Waals surface area contributed by atoms with Gasteiger partial charge in [-0.2, -0.15) is 0 Å². The molecule has 2 aromatic carbocycles. The molecular formula is C11H9F. The van der Waals surface area contributed by atoms with E-state index in [0.717, 1.165) is 16.3 Å². The summed E-state index contributed by atoms with van der Waals surface area (Å²) in [7, 11) is 0. The zero-order valence-electron chi connectivity index (χ0n) is 6.63. The second kappa shape index (κ2) is 2.94. The van der Waals surface area contributed by atoms with Crippen LogP contribution in [0.2, 0.25) is 0 Å². The lowest BCUT2D eigenvalue weighted by molar-refractivity contribution is 0.488. The van der Waals surface area contributed by atoms with Gasteiger partial charge < -0.3 is 0 Å². The molecule has 0 aliphatic heterocycles. The van der Waals surface area contributed by atoms with Gasteiger partial charge in [0.2, 0.25) is 0 Å². The van der Waals surface area contributed by atoms with Crippen molar-refractivity contribution in [1.82, 2.24) is 0 Å². The molecule has 0 atom stereocenters. The molecule has 0 aromatic heterocycles. The highest BCUT2D eigenvalue weighted by Crippen LogP contribution is 2.18. The molecule has 0 N–H and O–H groups in total. The second-order valence-electron chi connectivity index (χ2n) is 2.77. The van der Waals surface area contributed by atoms with Gasteiger partial charge in [0.1, 0.15) is 6.67 Å². The smallest absolute Gasteiger partial charge is 0.115 e. The van der Waals surface area contributed by atoms with Gasteiger partial charge in [-0.3, -0.25) is 0 Å². The minimum Gasteiger partial charge on any atom is -0.246 e. The number of fused-ring (bicyclic) bond motifs is 1. The van der Waals surface area contributed by atoms with Gasteiger partial charge in [0.05, 0.1) is 0 Å². The normalized spacial score (nSPS) is 10.4. The molecule has 0 amide bonds. The number of halogens is 1. The Bertz CT molecular complexity index is 388. The zero-order valence-corrected chi connectivity index (χ0v) is 6.63. The van der Waals surface area contributed by atoms with E-state index in [4.69, 9.17) is 0 Å². The van der Waals surface area contributed by atoms with Crippen LogP contribution in [0, 0.1) is 0 Å². The number of rotatable bonds is 1. The lowest BCUT2D eigenvalue weighted by Crippen LogP contribution is -1.80. The first-order valence-electron chi connectivity index (χ1n) is 3.94. The molecule has 1 heteroatoms. The summed E-state index contributed by atoms with van der Waals surface area (Å²) < 4.78 is 12.5. The lowest BCUT2D eigenvalue weighted by Gasteiger charge is -2.00. The summed E-state index contributed by atoms with van der Waals surface area (Å²) in [5, 5.41) is 2.12. The van der Waals surface area contributed by atoms with E-state index in [-0.39, 0.29) is 6.67 Å². The SMILES string of the molecule is FCc1cccc2ccccc12. The van der Waals surface area contributed by atoms with Crippen molar-refractivity contribution in [2.45, 2.75) is 6.67 Å². The Morgan fingerprint density at radius 2 is 1.67 bits per heavy atom. The van der Waals surface area contributed by atoms with Gasteiger partial charge in [-0.25, -0.2) is 4.39 Å². The van der Waals surface area contributed by atoms with Gasteiger partial charge in [-0.1, -0.05) is 42.5 Å². The van der Waals surface area contributed by atoms with Crippen molar-refractivity contribution in [2.75, 3.05) is 0 Å². The van der Waals surface area contributed by atoms with Gasteiger partial charge in [0.15, 0.2) is 0 Å². The molecule has 2 rings (SSSR count). The third-order valence-corrected chi connectivity index (χ3v) is 2.02. The van der Waals surface area contributed by atoms with Gasteiger partial charge >= 0.3 is 0 Å². The van der Waals surface area contributed by atoms with Crippen LogP contribution in [0.25, 0.3) is 10.8 Å². The molecule has 0 fully saturated rings. The van der Waals surface area contributed by atoms with Gasteiger partial charge in [-0.15, -0.1) is 0 Å². The monoisotopic (exact) mass is 160 g/mol. The van der Waals surface area contributed by atoms with E-state index in [9.17, 15) is 4.39 Å². The largest absolute Gasteiger partial charge is 0.246 e. The standard InChI is InChI=1S/C11H9F/c12-8-10-6-3-5-9-4-1-2-7-11(9)10/h1-7H,8H2. The molecule has 0 saturated heterocycles. The summed E-state index contributed by atoms with van der Waals surface area (Å²) in [6.45, 7) is -0.388. The van der Waals surface area contributed by atoms with Crippen molar-refractivity contribution in [3.63, 3.8) is 0 Å². The van der Waals surface area contributed by atoms with Crippen molar-refractivity contribution in [3.05, 3.63) is 48.0 Å². The number of hydrogen-bond acceptors (Lipinski definition) is 0. The number of alkyl halides is 1. The van der Waals surface area contributed by atoms with Crippen LogP contribution in [0.4, 0.5) is 4.39 Å². The first kappa shape index (κ1) is 7.29. The maximum atomic E-state index is 12.5.